The zero-order valence-electron chi connectivity index (χ0n) is 15.4. The highest BCUT2D eigenvalue weighted by Crippen LogP contribution is 2.24. The summed E-state index contributed by atoms with van der Waals surface area (Å²) in [5.74, 6) is 0.429. The van der Waals surface area contributed by atoms with E-state index in [0.717, 1.165) is 5.01 Å². The number of thiazole rings is 1. The lowest BCUT2D eigenvalue weighted by Gasteiger charge is -2.18. The molecule has 6 nitrogen and oxygen atoms in total. The van der Waals surface area contributed by atoms with E-state index in [-0.39, 0.29) is 18.2 Å². The van der Waals surface area contributed by atoms with Crippen molar-refractivity contribution in [1.82, 2.24) is 4.98 Å². The molecule has 0 saturated carbocycles. The normalized spacial score (nSPS) is 11.2. The molecule has 1 aromatic carbocycles. The summed E-state index contributed by atoms with van der Waals surface area (Å²) in [5.41, 5.74) is 1.45. The summed E-state index contributed by atoms with van der Waals surface area (Å²) in [6, 6.07) is 10.7. The second-order valence-electron chi connectivity index (χ2n) is 7.13. The summed E-state index contributed by atoms with van der Waals surface area (Å²) in [6.45, 7) is 5.54. The van der Waals surface area contributed by atoms with Crippen LogP contribution < -0.4 is 10.6 Å². The van der Waals surface area contributed by atoms with Crippen molar-refractivity contribution in [2.45, 2.75) is 27.2 Å². The SMILES string of the molecule is CC(C)(C)C(=O)Nc1cccc(NC(=O)Cc2csc(-c3ccco3)n2)c1. The van der Waals surface area contributed by atoms with E-state index in [0.29, 0.717) is 22.8 Å². The Balaban J connectivity index is 1.61. The first-order valence-electron chi connectivity index (χ1n) is 8.51. The van der Waals surface area contributed by atoms with Crippen LogP contribution in [0.4, 0.5) is 11.4 Å². The first-order chi connectivity index (χ1) is 12.8. The number of amides is 2. The molecule has 0 atom stereocenters. The summed E-state index contributed by atoms with van der Waals surface area (Å²) in [4.78, 5) is 28.8. The third-order valence-corrected chi connectivity index (χ3v) is 4.62. The van der Waals surface area contributed by atoms with Crippen LogP contribution in [0.25, 0.3) is 10.8 Å². The fourth-order valence-electron chi connectivity index (χ4n) is 2.26. The van der Waals surface area contributed by atoms with Gasteiger partial charge in [0, 0.05) is 22.2 Å². The molecule has 0 aliphatic heterocycles. The predicted octanol–water partition coefficient (Wildman–Crippen LogP) is 4.57. The van der Waals surface area contributed by atoms with Crippen molar-refractivity contribution in [3.63, 3.8) is 0 Å². The molecule has 0 saturated heterocycles. The minimum absolute atomic E-state index is 0.0843. The molecule has 2 N–H and O–H groups in total. The van der Waals surface area contributed by atoms with Crippen LogP contribution in [-0.2, 0) is 16.0 Å². The Bertz CT molecular complexity index is 940. The number of aromatic nitrogens is 1. The summed E-state index contributed by atoms with van der Waals surface area (Å²) >= 11 is 1.43. The average molecular weight is 383 g/mol. The molecule has 27 heavy (non-hydrogen) atoms. The molecule has 3 aromatic rings. The van der Waals surface area contributed by atoms with Crippen LogP contribution in [0.2, 0.25) is 0 Å². The summed E-state index contributed by atoms with van der Waals surface area (Å²) in [6.07, 6.45) is 1.75. The highest BCUT2D eigenvalue weighted by Gasteiger charge is 2.21. The summed E-state index contributed by atoms with van der Waals surface area (Å²) < 4.78 is 5.32. The van der Waals surface area contributed by atoms with Gasteiger partial charge in [0.15, 0.2) is 10.8 Å². The maximum atomic E-state index is 12.3. The van der Waals surface area contributed by atoms with E-state index in [4.69, 9.17) is 4.42 Å². The third kappa shape index (κ3) is 5.04. The molecular formula is C20H21N3O3S. The van der Waals surface area contributed by atoms with E-state index in [1.54, 1.807) is 36.6 Å². The summed E-state index contributed by atoms with van der Waals surface area (Å²) in [5, 5.41) is 8.28. The molecule has 0 unspecified atom stereocenters. The number of nitrogens with one attached hydrogen (secondary N) is 2. The standard InChI is InChI=1S/C20H21N3O3S/c1-20(2,3)19(25)23-14-7-4-6-13(10-14)21-17(24)11-15-12-27-18(22-15)16-8-5-9-26-16/h4-10,12H,11H2,1-3H3,(H,21,24)(H,23,25). The molecule has 2 amide bonds. The van der Waals surface area contributed by atoms with Crippen molar-refractivity contribution in [2.75, 3.05) is 10.6 Å². The molecule has 2 aromatic heterocycles. The van der Waals surface area contributed by atoms with Crippen LogP contribution in [0.5, 0.6) is 0 Å². The van der Waals surface area contributed by atoms with Gasteiger partial charge in [0.2, 0.25) is 11.8 Å². The number of carbonyl (C=O) groups is 2. The zero-order chi connectivity index (χ0) is 19.4. The van der Waals surface area contributed by atoms with Gasteiger partial charge in [0.1, 0.15) is 0 Å². The van der Waals surface area contributed by atoms with Crippen molar-refractivity contribution in [3.05, 3.63) is 53.7 Å². The number of hydrogen-bond donors (Lipinski definition) is 2. The van der Waals surface area contributed by atoms with Crippen LogP contribution >= 0.6 is 11.3 Å². The lowest BCUT2D eigenvalue weighted by Crippen LogP contribution is -2.27. The molecule has 2 heterocycles. The highest BCUT2D eigenvalue weighted by atomic mass is 32.1. The van der Waals surface area contributed by atoms with Crippen molar-refractivity contribution in [1.29, 1.82) is 0 Å². The number of hydrogen-bond acceptors (Lipinski definition) is 5. The van der Waals surface area contributed by atoms with Gasteiger partial charge in [-0.3, -0.25) is 9.59 Å². The number of benzene rings is 1. The van der Waals surface area contributed by atoms with Gasteiger partial charge in [-0.15, -0.1) is 11.3 Å². The highest BCUT2D eigenvalue weighted by molar-refractivity contribution is 7.13. The van der Waals surface area contributed by atoms with Gasteiger partial charge in [-0.2, -0.15) is 0 Å². The Morgan fingerprint density at radius 3 is 2.52 bits per heavy atom. The van der Waals surface area contributed by atoms with Crippen LogP contribution in [-0.4, -0.2) is 16.8 Å². The monoisotopic (exact) mass is 383 g/mol. The van der Waals surface area contributed by atoms with E-state index in [1.807, 2.05) is 32.2 Å². The number of nitrogens with zero attached hydrogens (tertiary/aromatic N) is 1. The molecule has 0 spiro atoms. The largest absolute Gasteiger partial charge is 0.462 e. The third-order valence-electron chi connectivity index (χ3n) is 3.71. The first-order valence-corrected chi connectivity index (χ1v) is 9.39. The number of furan rings is 1. The quantitative estimate of drug-likeness (QED) is 0.676. The maximum Gasteiger partial charge on any atom is 0.230 e. The lowest BCUT2D eigenvalue weighted by molar-refractivity contribution is -0.123. The minimum atomic E-state index is -0.491. The van der Waals surface area contributed by atoms with E-state index < -0.39 is 5.41 Å². The van der Waals surface area contributed by atoms with Crippen LogP contribution in [0, 0.1) is 5.41 Å². The Labute approximate surface area is 161 Å². The summed E-state index contributed by atoms with van der Waals surface area (Å²) in [7, 11) is 0. The molecule has 0 aliphatic rings. The van der Waals surface area contributed by atoms with Gasteiger partial charge in [0.25, 0.3) is 0 Å². The van der Waals surface area contributed by atoms with E-state index in [9.17, 15) is 9.59 Å². The Hall–Kier alpha value is -2.93. The van der Waals surface area contributed by atoms with Gasteiger partial charge in [-0.05, 0) is 30.3 Å². The Kier molecular flexibility index (Phi) is 5.41. The number of anilines is 2. The fourth-order valence-corrected chi connectivity index (χ4v) is 3.05. The molecule has 0 bridgehead atoms. The van der Waals surface area contributed by atoms with E-state index in [1.165, 1.54) is 11.3 Å². The second kappa shape index (κ2) is 7.75. The second-order valence-corrected chi connectivity index (χ2v) is 7.99. The molecule has 3 rings (SSSR count). The van der Waals surface area contributed by atoms with Crippen molar-refractivity contribution < 1.29 is 14.0 Å². The van der Waals surface area contributed by atoms with Crippen LogP contribution in [0.3, 0.4) is 0 Å². The minimum Gasteiger partial charge on any atom is -0.462 e. The molecular weight excluding hydrogens is 362 g/mol. The number of rotatable bonds is 5. The average Bonchev–Trinajstić information content (AvgIpc) is 3.25. The topological polar surface area (TPSA) is 84.2 Å². The van der Waals surface area contributed by atoms with Crippen LogP contribution in [0.15, 0.2) is 52.5 Å². The van der Waals surface area contributed by atoms with Crippen LogP contribution in [0.1, 0.15) is 26.5 Å². The molecule has 0 aliphatic carbocycles. The number of carbonyl (C=O) groups excluding carboxylic acids is 2. The Morgan fingerprint density at radius 1 is 1.11 bits per heavy atom. The zero-order valence-corrected chi connectivity index (χ0v) is 16.2. The lowest BCUT2D eigenvalue weighted by atomic mass is 9.95. The van der Waals surface area contributed by atoms with Gasteiger partial charge >= 0.3 is 0 Å². The predicted molar refractivity (Wildman–Crippen MR) is 107 cm³/mol. The maximum absolute atomic E-state index is 12.3. The molecule has 7 heteroatoms. The van der Waals surface area contributed by atoms with Gasteiger partial charge in [-0.25, -0.2) is 4.98 Å². The van der Waals surface area contributed by atoms with Crippen molar-refractivity contribution >= 4 is 34.5 Å². The first kappa shape index (κ1) is 18.8. The van der Waals surface area contributed by atoms with Gasteiger partial charge in [-0.1, -0.05) is 26.8 Å². The molecule has 0 fully saturated rings. The van der Waals surface area contributed by atoms with Gasteiger partial charge in [0.05, 0.1) is 18.4 Å². The van der Waals surface area contributed by atoms with Gasteiger partial charge < -0.3 is 15.1 Å². The Morgan fingerprint density at radius 2 is 1.85 bits per heavy atom. The van der Waals surface area contributed by atoms with Crippen molar-refractivity contribution in [3.8, 4) is 10.8 Å². The molecule has 140 valence electrons. The molecule has 0 radical (unpaired) electrons. The van der Waals surface area contributed by atoms with E-state index >= 15 is 0 Å². The smallest absolute Gasteiger partial charge is 0.230 e. The van der Waals surface area contributed by atoms with Crippen molar-refractivity contribution in [2.24, 2.45) is 5.41 Å². The fraction of sp³-hybridized carbons (Fsp3) is 0.250. The van der Waals surface area contributed by atoms with E-state index in [2.05, 4.69) is 15.6 Å².